The van der Waals surface area contributed by atoms with Gasteiger partial charge in [-0.2, -0.15) is 13.2 Å². The zero-order valence-electron chi connectivity index (χ0n) is 13.1. The van der Waals surface area contributed by atoms with Crippen molar-refractivity contribution in [3.63, 3.8) is 0 Å². The van der Waals surface area contributed by atoms with Crippen molar-refractivity contribution in [3.05, 3.63) is 0 Å². The second-order valence-corrected chi connectivity index (χ2v) is 7.29. The first-order chi connectivity index (χ1) is 10.3. The van der Waals surface area contributed by atoms with E-state index < -0.39 is 11.8 Å². The maximum absolute atomic E-state index is 12.8. The van der Waals surface area contributed by atoms with Crippen LogP contribution >= 0.6 is 0 Å². The molecule has 0 aromatic heterocycles. The highest BCUT2D eigenvalue weighted by atomic mass is 19.4. The van der Waals surface area contributed by atoms with Crippen LogP contribution in [0.4, 0.5) is 13.2 Å². The fourth-order valence-electron chi connectivity index (χ4n) is 4.50. The molecule has 22 heavy (non-hydrogen) atoms. The fourth-order valence-corrected chi connectivity index (χ4v) is 4.50. The molecular formula is C16H26F3NO2. The molecule has 0 unspecified atom stereocenters. The van der Waals surface area contributed by atoms with E-state index in [1.807, 2.05) is 6.92 Å². The standard InChI is InChI=1S/C16H26F3NO2/c1-2-22-13-10-12(14(13)6-3-7-14)20-11-4-8-15(21,9-5-11)16(17,18)19/h11-13,20-21H,2-10H2,1H3/t11?,12-,13+,15?/m0/s1. The highest BCUT2D eigenvalue weighted by Gasteiger charge is 2.60. The number of ether oxygens (including phenoxy) is 1. The van der Waals surface area contributed by atoms with E-state index in [0.717, 1.165) is 25.9 Å². The minimum Gasteiger partial charge on any atom is -0.380 e. The molecule has 0 bridgehead atoms. The molecule has 3 rings (SSSR count). The maximum Gasteiger partial charge on any atom is 0.417 e. The summed E-state index contributed by atoms with van der Waals surface area (Å²) in [5.74, 6) is 0. The summed E-state index contributed by atoms with van der Waals surface area (Å²) in [6, 6.07) is 0.465. The van der Waals surface area contributed by atoms with E-state index in [4.69, 9.17) is 4.74 Å². The molecule has 0 aromatic carbocycles. The highest BCUT2D eigenvalue weighted by molar-refractivity contribution is 5.13. The predicted octanol–water partition coefficient (Wildman–Crippen LogP) is 3.16. The van der Waals surface area contributed by atoms with E-state index in [1.165, 1.54) is 6.42 Å². The molecule has 0 aliphatic heterocycles. The van der Waals surface area contributed by atoms with Crippen molar-refractivity contribution >= 4 is 0 Å². The van der Waals surface area contributed by atoms with Crippen LogP contribution in [0.25, 0.3) is 0 Å². The normalized spacial score (nSPS) is 41.0. The Balaban J connectivity index is 1.52. The number of rotatable bonds is 4. The van der Waals surface area contributed by atoms with Gasteiger partial charge in [0.05, 0.1) is 6.10 Å². The Labute approximate surface area is 129 Å². The van der Waals surface area contributed by atoms with E-state index >= 15 is 0 Å². The van der Waals surface area contributed by atoms with Crippen LogP contribution in [0.2, 0.25) is 0 Å². The van der Waals surface area contributed by atoms with Crippen LogP contribution in [0.3, 0.4) is 0 Å². The molecule has 3 nitrogen and oxygen atoms in total. The molecular weight excluding hydrogens is 295 g/mol. The summed E-state index contributed by atoms with van der Waals surface area (Å²) in [4.78, 5) is 0. The highest BCUT2D eigenvalue weighted by Crippen LogP contribution is 2.57. The van der Waals surface area contributed by atoms with E-state index in [1.54, 1.807) is 0 Å². The Morgan fingerprint density at radius 1 is 1.18 bits per heavy atom. The quantitative estimate of drug-likeness (QED) is 0.836. The smallest absolute Gasteiger partial charge is 0.380 e. The number of aliphatic hydroxyl groups is 1. The van der Waals surface area contributed by atoms with E-state index in [2.05, 4.69) is 5.32 Å². The first kappa shape index (κ1) is 16.5. The second-order valence-electron chi connectivity index (χ2n) is 7.29. The first-order valence-corrected chi connectivity index (χ1v) is 8.47. The third-order valence-electron chi connectivity index (χ3n) is 6.21. The van der Waals surface area contributed by atoms with Crippen LogP contribution in [-0.4, -0.2) is 41.7 Å². The van der Waals surface area contributed by atoms with E-state index in [0.29, 0.717) is 25.0 Å². The van der Waals surface area contributed by atoms with Crippen LogP contribution < -0.4 is 5.32 Å². The van der Waals surface area contributed by atoms with E-state index in [-0.39, 0.29) is 24.3 Å². The van der Waals surface area contributed by atoms with Crippen molar-refractivity contribution in [2.24, 2.45) is 5.41 Å². The van der Waals surface area contributed by atoms with Crippen molar-refractivity contribution in [2.75, 3.05) is 6.61 Å². The molecule has 2 atom stereocenters. The average molecular weight is 321 g/mol. The van der Waals surface area contributed by atoms with E-state index in [9.17, 15) is 18.3 Å². The predicted molar refractivity (Wildman–Crippen MR) is 76.5 cm³/mol. The molecule has 0 heterocycles. The van der Waals surface area contributed by atoms with Crippen molar-refractivity contribution in [2.45, 2.75) is 88.3 Å². The minimum atomic E-state index is -4.51. The maximum atomic E-state index is 12.8. The van der Waals surface area contributed by atoms with Crippen LogP contribution in [-0.2, 0) is 4.74 Å². The summed E-state index contributed by atoms with van der Waals surface area (Å²) >= 11 is 0. The molecule has 2 N–H and O–H groups in total. The van der Waals surface area contributed by atoms with Gasteiger partial charge in [0.15, 0.2) is 5.60 Å². The minimum absolute atomic E-state index is 0.0904. The zero-order valence-corrected chi connectivity index (χ0v) is 13.1. The molecule has 0 saturated heterocycles. The summed E-state index contributed by atoms with van der Waals surface area (Å²) in [6.45, 7) is 2.73. The van der Waals surface area contributed by atoms with Gasteiger partial charge in [-0.05, 0) is 51.9 Å². The average Bonchev–Trinajstić information content (AvgIpc) is 2.36. The van der Waals surface area contributed by atoms with Gasteiger partial charge >= 0.3 is 6.18 Å². The van der Waals surface area contributed by atoms with Crippen molar-refractivity contribution < 1.29 is 23.0 Å². The SMILES string of the molecule is CCO[C@@H]1C[C@H](NC2CCC(O)(C(F)(F)F)CC2)C12CCC2. The van der Waals surface area contributed by atoms with Gasteiger partial charge in [-0.25, -0.2) is 0 Å². The van der Waals surface area contributed by atoms with Gasteiger partial charge < -0.3 is 15.2 Å². The fraction of sp³-hybridized carbons (Fsp3) is 1.00. The summed E-state index contributed by atoms with van der Waals surface area (Å²) in [7, 11) is 0. The summed E-state index contributed by atoms with van der Waals surface area (Å²) in [5, 5.41) is 13.3. The number of halogens is 3. The first-order valence-electron chi connectivity index (χ1n) is 8.47. The lowest BCUT2D eigenvalue weighted by Crippen LogP contribution is -2.68. The van der Waals surface area contributed by atoms with Crippen LogP contribution in [0.15, 0.2) is 0 Å². The molecule has 0 amide bonds. The van der Waals surface area contributed by atoms with Crippen LogP contribution in [0, 0.1) is 5.41 Å². The summed E-state index contributed by atoms with van der Waals surface area (Å²) < 4.78 is 44.3. The van der Waals surface area contributed by atoms with Crippen LogP contribution in [0.5, 0.6) is 0 Å². The zero-order chi connectivity index (χ0) is 16.0. The molecule has 3 saturated carbocycles. The van der Waals surface area contributed by atoms with Gasteiger partial charge in [0.1, 0.15) is 0 Å². The Morgan fingerprint density at radius 3 is 2.27 bits per heavy atom. The molecule has 1 spiro atoms. The lowest BCUT2D eigenvalue weighted by molar-refractivity contribution is -0.271. The number of alkyl halides is 3. The number of hydrogen-bond acceptors (Lipinski definition) is 3. The van der Waals surface area contributed by atoms with Crippen molar-refractivity contribution in [1.29, 1.82) is 0 Å². The number of hydrogen-bond donors (Lipinski definition) is 2. The molecule has 3 aliphatic carbocycles. The summed E-state index contributed by atoms with van der Waals surface area (Å²) in [6.07, 6.45) is 0.718. The largest absolute Gasteiger partial charge is 0.417 e. The monoisotopic (exact) mass is 321 g/mol. The molecule has 128 valence electrons. The Morgan fingerprint density at radius 2 is 1.82 bits per heavy atom. The lowest BCUT2D eigenvalue weighted by Gasteiger charge is -2.62. The van der Waals surface area contributed by atoms with Gasteiger partial charge in [0.2, 0.25) is 0 Å². The Kier molecular flexibility index (Phi) is 4.23. The van der Waals surface area contributed by atoms with Gasteiger partial charge in [-0.1, -0.05) is 6.42 Å². The summed E-state index contributed by atoms with van der Waals surface area (Å²) in [5.41, 5.74) is -2.25. The van der Waals surface area contributed by atoms with Crippen LogP contribution in [0.1, 0.15) is 58.3 Å². The molecule has 0 radical (unpaired) electrons. The van der Waals surface area contributed by atoms with Gasteiger partial charge in [-0.3, -0.25) is 0 Å². The topological polar surface area (TPSA) is 41.5 Å². The molecule has 0 aromatic rings. The van der Waals surface area contributed by atoms with Gasteiger partial charge in [0, 0.05) is 24.1 Å². The molecule has 3 aliphatic rings. The van der Waals surface area contributed by atoms with Gasteiger partial charge in [0.25, 0.3) is 0 Å². The molecule has 6 heteroatoms. The third-order valence-corrected chi connectivity index (χ3v) is 6.21. The lowest BCUT2D eigenvalue weighted by atomic mass is 9.50. The Hall–Kier alpha value is -0.330. The number of nitrogens with one attached hydrogen (secondary N) is 1. The Bertz CT molecular complexity index is 401. The van der Waals surface area contributed by atoms with Gasteiger partial charge in [-0.15, -0.1) is 0 Å². The third kappa shape index (κ3) is 2.57. The van der Waals surface area contributed by atoms with Crippen molar-refractivity contribution in [1.82, 2.24) is 5.32 Å². The molecule has 3 fully saturated rings. The van der Waals surface area contributed by atoms with Crippen molar-refractivity contribution in [3.8, 4) is 0 Å². The second kappa shape index (κ2) is 5.64.